The van der Waals surface area contributed by atoms with Gasteiger partial charge in [0, 0.05) is 37.9 Å². The number of hydrogen-bond donors (Lipinski definition) is 2. The van der Waals surface area contributed by atoms with Crippen LogP contribution in [0, 0.1) is 0 Å². The van der Waals surface area contributed by atoms with Crippen LogP contribution < -0.4 is 11.1 Å². The monoisotopic (exact) mass is 363 g/mol. The van der Waals surface area contributed by atoms with Crippen molar-refractivity contribution in [2.75, 3.05) is 37.2 Å². The minimum Gasteiger partial charge on any atom is -0.369 e. The maximum absolute atomic E-state index is 13.0. The Morgan fingerprint density at radius 2 is 1.96 bits per heavy atom. The molecule has 0 radical (unpaired) electrons. The first-order valence-corrected chi connectivity index (χ1v) is 8.35. The van der Waals surface area contributed by atoms with Gasteiger partial charge in [-0.3, -0.25) is 4.90 Å². The molecule has 0 saturated heterocycles. The Bertz CT molecular complexity index is 781. The van der Waals surface area contributed by atoms with Crippen LogP contribution in [0.25, 0.3) is 11.1 Å². The second kappa shape index (κ2) is 7.74. The molecule has 8 heteroatoms. The molecule has 3 N–H and O–H groups in total. The lowest BCUT2D eigenvalue weighted by atomic mass is 10.0. The molecular weight excluding hydrogens is 343 g/mol. The Kier molecular flexibility index (Phi) is 5.41. The number of rotatable bonds is 6. The predicted octanol–water partition coefficient (Wildman–Crippen LogP) is 3.42. The smallest absolute Gasteiger partial charge is 0.369 e. The number of nitrogens with zero attached hydrogens (tertiary/aromatic N) is 3. The Labute approximate surface area is 149 Å². The van der Waals surface area contributed by atoms with Crippen LogP contribution in [0.15, 0.2) is 42.6 Å². The highest BCUT2D eigenvalue weighted by Gasteiger charge is 2.30. The maximum atomic E-state index is 13.0. The minimum absolute atomic E-state index is 0.0759. The molecule has 26 heavy (non-hydrogen) atoms. The van der Waals surface area contributed by atoms with Gasteiger partial charge in [-0.2, -0.15) is 18.2 Å². The summed E-state index contributed by atoms with van der Waals surface area (Å²) in [4.78, 5) is 10.4. The van der Waals surface area contributed by atoms with Crippen molar-refractivity contribution in [3.8, 4) is 11.1 Å². The van der Waals surface area contributed by atoms with Crippen molar-refractivity contribution in [1.29, 1.82) is 0 Å². The molecule has 0 aliphatic carbocycles. The van der Waals surface area contributed by atoms with Crippen molar-refractivity contribution < 1.29 is 13.2 Å². The fourth-order valence-corrected chi connectivity index (χ4v) is 2.82. The standard InChI is InChI=1S/C18H20F3N5/c19-18(20,21)14-6-3-5-13(11-14)15-12-24-17(22)25-16(15)23-7-4-10-26-8-1-2-9-26/h1-3,5-6,11-12H,4,7-10H2,(H3,22,23,24,25). The summed E-state index contributed by atoms with van der Waals surface area (Å²) in [5, 5.41) is 3.18. The summed E-state index contributed by atoms with van der Waals surface area (Å²) in [6, 6.07) is 5.11. The van der Waals surface area contributed by atoms with Crippen LogP contribution in [0.3, 0.4) is 0 Å². The van der Waals surface area contributed by atoms with Gasteiger partial charge in [-0.25, -0.2) is 4.98 Å². The van der Waals surface area contributed by atoms with Crippen LogP contribution in [-0.2, 0) is 6.18 Å². The third-order valence-electron chi connectivity index (χ3n) is 4.15. The number of hydrogen-bond acceptors (Lipinski definition) is 5. The van der Waals surface area contributed by atoms with Crippen molar-refractivity contribution in [2.45, 2.75) is 12.6 Å². The molecule has 1 aromatic carbocycles. The number of aromatic nitrogens is 2. The average molecular weight is 363 g/mol. The van der Waals surface area contributed by atoms with E-state index in [-0.39, 0.29) is 5.95 Å². The summed E-state index contributed by atoms with van der Waals surface area (Å²) in [5.41, 5.74) is 5.83. The van der Waals surface area contributed by atoms with Crippen LogP contribution in [-0.4, -0.2) is 41.0 Å². The van der Waals surface area contributed by atoms with Gasteiger partial charge in [0.1, 0.15) is 5.82 Å². The molecule has 0 unspecified atom stereocenters. The summed E-state index contributed by atoms with van der Waals surface area (Å²) in [6.07, 6.45) is 2.19. The van der Waals surface area contributed by atoms with E-state index in [0.29, 0.717) is 23.5 Å². The maximum Gasteiger partial charge on any atom is 0.416 e. The molecule has 1 aromatic heterocycles. The minimum atomic E-state index is -4.40. The molecule has 5 nitrogen and oxygen atoms in total. The quantitative estimate of drug-likeness (QED) is 0.608. The van der Waals surface area contributed by atoms with Crippen molar-refractivity contribution in [1.82, 2.24) is 14.9 Å². The van der Waals surface area contributed by atoms with Gasteiger partial charge in [0.2, 0.25) is 5.95 Å². The molecular formula is C18H20F3N5. The molecule has 0 spiro atoms. The van der Waals surface area contributed by atoms with Crippen LogP contribution >= 0.6 is 0 Å². The van der Waals surface area contributed by atoms with Gasteiger partial charge in [0.25, 0.3) is 0 Å². The van der Waals surface area contributed by atoms with E-state index in [0.717, 1.165) is 38.2 Å². The van der Waals surface area contributed by atoms with Crippen LogP contribution in [0.4, 0.5) is 24.9 Å². The van der Waals surface area contributed by atoms with E-state index in [1.807, 2.05) is 0 Å². The van der Waals surface area contributed by atoms with Crippen LogP contribution in [0.1, 0.15) is 12.0 Å². The molecule has 0 saturated carbocycles. The topological polar surface area (TPSA) is 67.1 Å². The van der Waals surface area contributed by atoms with Gasteiger partial charge in [-0.1, -0.05) is 24.3 Å². The van der Waals surface area contributed by atoms with Crippen molar-refractivity contribution in [2.24, 2.45) is 0 Å². The Hall–Kier alpha value is -2.61. The van der Waals surface area contributed by atoms with Crippen LogP contribution in [0.5, 0.6) is 0 Å². The van der Waals surface area contributed by atoms with E-state index in [4.69, 9.17) is 5.73 Å². The number of benzene rings is 1. The first-order valence-electron chi connectivity index (χ1n) is 8.35. The Morgan fingerprint density at radius 1 is 1.19 bits per heavy atom. The molecule has 1 aliphatic rings. The van der Waals surface area contributed by atoms with E-state index in [1.165, 1.54) is 12.3 Å². The lowest BCUT2D eigenvalue weighted by Gasteiger charge is -2.16. The summed E-state index contributed by atoms with van der Waals surface area (Å²) in [7, 11) is 0. The summed E-state index contributed by atoms with van der Waals surface area (Å²) in [5.74, 6) is 0.517. The largest absolute Gasteiger partial charge is 0.416 e. The zero-order chi connectivity index (χ0) is 18.6. The van der Waals surface area contributed by atoms with E-state index in [9.17, 15) is 13.2 Å². The summed E-state index contributed by atoms with van der Waals surface area (Å²) >= 11 is 0. The number of nitrogens with one attached hydrogen (secondary N) is 1. The van der Waals surface area contributed by atoms with E-state index in [2.05, 4.69) is 32.3 Å². The van der Waals surface area contributed by atoms with Gasteiger partial charge < -0.3 is 11.1 Å². The number of nitrogen functional groups attached to an aromatic ring is 1. The molecule has 138 valence electrons. The van der Waals surface area contributed by atoms with Gasteiger partial charge in [-0.15, -0.1) is 0 Å². The van der Waals surface area contributed by atoms with E-state index in [1.54, 1.807) is 6.07 Å². The Morgan fingerprint density at radius 3 is 2.69 bits per heavy atom. The second-order valence-corrected chi connectivity index (χ2v) is 6.08. The lowest BCUT2D eigenvalue weighted by molar-refractivity contribution is -0.137. The molecule has 0 amide bonds. The average Bonchev–Trinajstić information content (AvgIpc) is 3.12. The first-order chi connectivity index (χ1) is 12.4. The van der Waals surface area contributed by atoms with Gasteiger partial charge in [0.05, 0.1) is 5.56 Å². The van der Waals surface area contributed by atoms with Gasteiger partial charge >= 0.3 is 6.18 Å². The fraction of sp³-hybridized carbons (Fsp3) is 0.333. The van der Waals surface area contributed by atoms with Gasteiger partial charge in [0.15, 0.2) is 0 Å². The number of nitrogens with two attached hydrogens (primary N) is 1. The first kappa shape index (κ1) is 18.2. The zero-order valence-corrected chi connectivity index (χ0v) is 14.1. The van der Waals surface area contributed by atoms with E-state index >= 15 is 0 Å². The molecule has 2 aromatic rings. The molecule has 0 fully saturated rings. The fourth-order valence-electron chi connectivity index (χ4n) is 2.82. The Balaban J connectivity index is 1.73. The normalized spacial score (nSPS) is 14.7. The molecule has 0 atom stereocenters. The van der Waals surface area contributed by atoms with Crippen molar-refractivity contribution in [3.63, 3.8) is 0 Å². The number of alkyl halides is 3. The van der Waals surface area contributed by atoms with E-state index < -0.39 is 11.7 Å². The molecule has 0 bridgehead atoms. The van der Waals surface area contributed by atoms with Gasteiger partial charge in [-0.05, 0) is 24.1 Å². The van der Waals surface area contributed by atoms with Crippen molar-refractivity contribution >= 4 is 11.8 Å². The lowest BCUT2D eigenvalue weighted by Crippen LogP contribution is -2.23. The SMILES string of the molecule is Nc1ncc(-c2cccc(C(F)(F)F)c2)c(NCCCN2CC=CC2)n1. The zero-order valence-electron chi connectivity index (χ0n) is 14.1. The third-order valence-corrected chi connectivity index (χ3v) is 4.15. The summed E-state index contributed by atoms with van der Waals surface area (Å²) < 4.78 is 38.9. The molecule has 2 heterocycles. The third kappa shape index (κ3) is 4.51. The molecule has 3 rings (SSSR count). The number of anilines is 2. The predicted molar refractivity (Wildman–Crippen MR) is 95.6 cm³/mol. The molecule has 1 aliphatic heterocycles. The van der Waals surface area contributed by atoms with Crippen LogP contribution in [0.2, 0.25) is 0 Å². The highest BCUT2D eigenvalue weighted by Crippen LogP contribution is 2.33. The number of halogens is 3. The summed E-state index contributed by atoms with van der Waals surface area (Å²) in [6.45, 7) is 3.48. The van der Waals surface area contributed by atoms with Crippen molar-refractivity contribution in [3.05, 3.63) is 48.2 Å². The highest BCUT2D eigenvalue weighted by atomic mass is 19.4. The highest BCUT2D eigenvalue weighted by molar-refractivity contribution is 5.75. The second-order valence-electron chi connectivity index (χ2n) is 6.08.